The van der Waals surface area contributed by atoms with E-state index in [1.807, 2.05) is 6.07 Å². The van der Waals surface area contributed by atoms with Crippen molar-refractivity contribution in [1.82, 2.24) is 0 Å². The molecule has 34 heavy (non-hydrogen) atoms. The molecule has 1 saturated carbocycles. The Morgan fingerprint density at radius 3 is 2.12 bits per heavy atom. The number of nitrogens with zero attached hydrogens (tertiary/aromatic N) is 1. The van der Waals surface area contributed by atoms with E-state index in [2.05, 4.69) is 0 Å². The maximum absolute atomic E-state index is 11.9. The van der Waals surface area contributed by atoms with Crippen molar-refractivity contribution in [3.05, 3.63) is 22.3 Å². The molecule has 2 rings (SSSR count). The number of nitriles is 1. The number of carbonyl (C=O) groups excluding carboxylic acids is 3. The van der Waals surface area contributed by atoms with Crippen LogP contribution in [-0.2, 0) is 33.4 Å². The van der Waals surface area contributed by atoms with Crippen LogP contribution in [0.3, 0.4) is 0 Å². The summed E-state index contributed by atoms with van der Waals surface area (Å²) in [7, 11) is 0. The maximum atomic E-state index is 11.9. The van der Waals surface area contributed by atoms with Gasteiger partial charge in [0.15, 0.2) is 0 Å². The lowest BCUT2D eigenvalue weighted by Gasteiger charge is -2.24. The lowest BCUT2D eigenvalue weighted by atomic mass is 9.81. The second-order valence-electron chi connectivity index (χ2n) is 7.86. The van der Waals surface area contributed by atoms with Crippen molar-refractivity contribution in [2.45, 2.75) is 78.6 Å². The number of hydrogen-bond donors (Lipinski definition) is 1. The number of carboxylic acids is 1. The largest absolute Gasteiger partial charge is 0.481 e. The van der Waals surface area contributed by atoms with Crippen LogP contribution >= 0.6 is 0 Å². The quantitative estimate of drug-likeness (QED) is 0.237. The molecule has 0 bridgehead atoms. The van der Waals surface area contributed by atoms with Gasteiger partial charge < -0.3 is 19.3 Å². The van der Waals surface area contributed by atoms with Gasteiger partial charge in [-0.15, -0.1) is 0 Å². The van der Waals surface area contributed by atoms with Crippen molar-refractivity contribution in [2.24, 2.45) is 5.92 Å². The molecule has 0 aromatic carbocycles. The molecule has 0 radical (unpaired) electrons. The molecule has 0 aromatic heterocycles. The van der Waals surface area contributed by atoms with E-state index in [9.17, 15) is 19.2 Å². The first-order valence-electron chi connectivity index (χ1n) is 11.9. The van der Waals surface area contributed by atoms with Crippen molar-refractivity contribution in [3.8, 4) is 6.07 Å². The lowest BCUT2D eigenvalue weighted by Crippen LogP contribution is -2.25. The highest BCUT2D eigenvalue weighted by atomic mass is 16.5. The minimum absolute atomic E-state index is 0.0281. The fourth-order valence-corrected chi connectivity index (χ4v) is 4.08. The Morgan fingerprint density at radius 2 is 1.53 bits per heavy atom. The topological polar surface area (TPSA) is 140 Å². The molecular formula is C25H35NO8. The third kappa shape index (κ3) is 9.00. The van der Waals surface area contributed by atoms with Gasteiger partial charge in [0, 0.05) is 5.57 Å². The Morgan fingerprint density at radius 1 is 0.912 bits per heavy atom. The minimum Gasteiger partial charge on any atom is -0.481 e. The van der Waals surface area contributed by atoms with Crippen LogP contribution in [0, 0.1) is 17.2 Å². The Bertz CT molecular complexity index is 849. The Hall–Kier alpha value is -3.15. The maximum Gasteiger partial charge on any atom is 0.348 e. The summed E-state index contributed by atoms with van der Waals surface area (Å²) >= 11 is 0. The van der Waals surface area contributed by atoms with Gasteiger partial charge in [-0.3, -0.25) is 9.59 Å². The van der Waals surface area contributed by atoms with Gasteiger partial charge in [0.25, 0.3) is 0 Å². The zero-order valence-electron chi connectivity index (χ0n) is 20.3. The first-order valence-corrected chi connectivity index (χ1v) is 11.9. The average Bonchev–Trinajstić information content (AvgIpc) is 2.81. The molecule has 0 amide bonds. The third-order valence-corrected chi connectivity index (χ3v) is 5.56. The number of carbonyl (C=O) groups is 4. The highest BCUT2D eigenvalue weighted by molar-refractivity contribution is 5.95. The second kappa shape index (κ2) is 15.6. The molecule has 1 atom stereocenters. The van der Waals surface area contributed by atoms with Gasteiger partial charge in [-0.2, -0.15) is 5.26 Å². The molecular weight excluding hydrogens is 442 g/mol. The van der Waals surface area contributed by atoms with Crippen molar-refractivity contribution in [1.29, 1.82) is 5.26 Å². The van der Waals surface area contributed by atoms with Gasteiger partial charge >= 0.3 is 23.9 Å². The number of rotatable bonds is 8. The predicted molar refractivity (Wildman–Crippen MR) is 122 cm³/mol. The molecule has 2 aliphatic rings. The van der Waals surface area contributed by atoms with Crippen LogP contribution in [0.25, 0.3) is 0 Å². The van der Waals surface area contributed by atoms with Crippen LogP contribution in [0.2, 0.25) is 0 Å². The molecule has 0 aliphatic heterocycles. The predicted octanol–water partition coefficient (Wildman–Crippen LogP) is 4.02. The number of esters is 3. The molecule has 9 nitrogen and oxygen atoms in total. The summed E-state index contributed by atoms with van der Waals surface area (Å²) in [6, 6.07) is 1.88. The summed E-state index contributed by atoms with van der Waals surface area (Å²) in [6.45, 7) is 6.01. The molecule has 9 heteroatoms. The number of aliphatic carboxylic acids is 1. The zero-order valence-corrected chi connectivity index (χ0v) is 20.3. The van der Waals surface area contributed by atoms with Gasteiger partial charge in [0.05, 0.1) is 32.2 Å². The summed E-state index contributed by atoms with van der Waals surface area (Å²) in [6.07, 6.45) is 6.20. The van der Waals surface area contributed by atoms with Crippen molar-refractivity contribution in [3.63, 3.8) is 0 Å². The molecule has 1 unspecified atom stereocenters. The Labute approximate surface area is 200 Å². The summed E-state index contributed by atoms with van der Waals surface area (Å²) in [4.78, 5) is 45.8. The SMILES string of the molecule is CCOC(=O)/C(C#N)=C1\CCCCC1C(=O)OCC.CCOC(=O)C1=C(CC(=O)O)CCCC1. The molecule has 0 heterocycles. The van der Waals surface area contributed by atoms with E-state index in [0.717, 1.165) is 31.3 Å². The summed E-state index contributed by atoms with van der Waals surface area (Å²) in [5.74, 6) is -2.69. The molecule has 0 spiro atoms. The minimum atomic E-state index is -0.881. The summed E-state index contributed by atoms with van der Waals surface area (Å²) < 4.78 is 14.8. The van der Waals surface area contributed by atoms with Gasteiger partial charge in [-0.1, -0.05) is 6.42 Å². The average molecular weight is 478 g/mol. The lowest BCUT2D eigenvalue weighted by molar-refractivity contribution is -0.147. The van der Waals surface area contributed by atoms with Crippen LogP contribution in [0.4, 0.5) is 0 Å². The standard InChI is InChI=1S/C14H19NO4.C11H16O4/c1-3-18-13(16)11-8-6-5-7-10(11)12(9-15)14(17)19-4-2;1-2-15-11(14)9-6-4-3-5-8(9)7-10(12)13/h11H,3-8H2,1-2H3;2-7H2,1H3,(H,12,13)/b12-10+;. The van der Waals surface area contributed by atoms with Crippen molar-refractivity contribution in [2.75, 3.05) is 19.8 Å². The van der Waals surface area contributed by atoms with E-state index >= 15 is 0 Å². The van der Waals surface area contributed by atoms with E-state index < -0.39 is 17.9 Å². The molecule has 1 N–H and O–H groups in total. The van der Waals surface area contributed by atoms with E-state index in [1.165, 1.54) is 0 Å². The van der Waals surface area contributed by atoms with Gasteiger partial charge in [0.2, 0.25) is 0 Å². The molecule has 2 aliphatic carbocycles. The molecule has 0 aromatic rings. The number of hydrogen-bond acceptors (Lipinski definition) is 8. The number of ether oxygens (including phenoxy) is 3. The first-order chi connectivity index (χ1) is 16.3. The van der Waals surface area contributed by atoms with Gasteiger partial charge in [-0.25, -0.2) is 9.59 Å². The van der Waals surface area contributed by atoms with Crippen molar-refractivity contribution >= 4 is 23.9 Å². The van der Waals surface area contributed by atoms with Crippen molar-refractivity contribution < 1.29 is 38.5 Å². The van der Waals surface area contributed by atoms with Crippen LogP contribution in [0.5, 0.6) is 0 Å². The fraction of sp³-hybridized carbons (Fsp3) is 0.640. The first kappa shape index (κ1) is 28.9. The van der Waals surface area contributed by atoms with Crippen LogP contribution in [0.15, 0.2) is 22.3 Å². The number of carboxylic acid groups (broad SMARTS) is 1. The Kier molecular flexibility index (Phi) is 13.3. The normalized spacial score (nSPS) is 19.1. The molecule has 188 valence electrons. The van der Waals surface area contributed by atoms with Crippen LogP contribution in [0.1, 0.15) is 78.6 Å². The molecule has 1 fully saturated rings. The monoisotopic (exact) mass is 477 g/mol. The van der Waals surface area contributed by atoms with Crippen LogP contribution in [-0.4, -0.2) is 48.8 Å². The van der Waals surface area contributed by atoms with Crippen LogP contribution < -0.4 is 0 Å². The molecule has 0 saturated heterocycles. The third-order valence-electron chi connectivity index (χ3n) is 5.56. The van der Waals surface area contributed by atoms with E-state index in [4.69, 9.17) is 24.6 Å². The van der Waals surface area contributed by atoms with E-state index in [1.54, 1.807) is 20.8 Å². The van der Waals surface area contributed by atoms with Gasteiger partial charge in [0.1, 0.15) is 11.6 Å². The zero-order chi connectivity index (χ0) is 25.5. The second-order valence-corrected chi connectivity index (χ2v) is 7.86. The Balaban J connectivity index is 0.000000350. The van der Waals surface area contributed by atoms with E-state index in [-0.39, 0.29) is 30.5 Å². The summed E-state index contributed by atoms with van der Waals surface area (Å²) in [5.41, 5.74) is 1.88. The van der Waals surface area contributed by atoms with E-state index in [0.29, 0.717) is 50.0 Å². The smallest absolute Gasteiger partial charge is 0.348 e. The highest BCUT2D eigenvalue weighted by Crippen LogP contribution is 2.33. The fourth-order valence-electron chi connectivity index (χ4n) is 4.08. The highest BCUT2D eigenvalue weighted by Gasteiger charge is 2.32. The van der Waals surface area contributed by atoms with Gasteiger partial charge in [-0.05, 0) is 76.9 Å². The summed E-state index contributed by atoms with van der Waals surface area (Å²) in [5, 5.41) is 17.9.